The molecule has 1 aromatic heterocycles. The average molecular weight is 505 g/mol. The zero-order valence-corrected chi connectivity index (χ0v) is 20.7. The minimum atomic E-state index is -3.57. The Labute approximate surface area is 205 Å². The second kappa shape index (κ2) is 12.0. The molecule has 0 spiro atoms. The maximum atomic E-state index is 12.3. The van der Waals surface area contributed by atoms with E-state index in [1.54, 1.807) is 13.1 Å². The fraction of sp³-hybridized carbons (Fsp3) is 0.333. The third-order valence-electron chi connectivity index (χ3n) is 5.17. The molecular formula is C24H29ClN4O4S. The normalized spacial score (nSPS) is 12.3. The highest BCUT2D eigenvalue weighted by Gasteiger charge is 2.16. The van der Waals surface area contributed by atoms with Gasteiger partial charge in [-0.1, -0.05) is 18.5 Å². The highest BCUT2D eigenvalue weighted by atomic mass is 35.5. The standard InChI is InChI=1S/C24H29ClN4O4S/c1-3-17(2)29-34(31,32)20-8-6-19(7-9-20)33-16-24(30)28-13-4-12-26-22-11-14-27-23-15-18(25)5-10-21(22)23/h5-11,14-15,17,29H,3-4,12-13,16H2,1-2H3,(H,26,27)(H,28,30). The molecule has 1 unspecified atom stereocenters. The number of pyridine rings is 1. The fourth-order valence-electron chi connectivity index (χ4n) is 3.15. The number of nitrogens with zero attached hydrogens (tertiary/aromatic N) is 1. The van der Waals surface area contributed by atoms with Gasteiger partial charge in [-0.05, 0) is 68.3 Å². The molecule has 0 saturated carbocycles. The maximum absolute atomic E-state index is 12.3. The summed E-state index contributed by atoms with van der Waals surface area (Å²) in [5, 5.41) is 7.78. The number of hydrogen-bond donors (Lipinski definition) is 3. The molecule has 0 aliphatic carbocycles. The maximum Gasteiger partial charge on any atom is 0.257 e. The van der Waals surface area contributed by atoms with Crippen LogP contribution in [0.5, 0.6) is 5.75 Å². The predicted molar refractivity (Wildman–Crippen MR) is 135 cm³/mol. The van der Waals surface area contributed by atoms with Gasteiger partial charge in [-0.2, -0.15) is 0 Å². The first-order valence-electron chi connectivity index (χ1n) is 11.1. The van der Waals surface area contributed by atoms with Crippen LogP contribution in [0, 0.1) is 0 Å². The lowest BCUT2D eigenvalue weighted by molar-refractivity contribution is -0.123. The van der Waals surface area contributed by atoms with Crippen LogP contribution in [0.3, 0.4) is 0 Å². The molecule has 1 atom stereocenters. The highest BCUT2D eigenvalue weighted by molar-refractivity contribution is 7.89. The molecule has 0 aliphatic heterocycles. The predicted octanol–water partition coefficient (Wildman–Crippen LogP) is 3.96. The first-order chi connectivity index (χ1) is 16.3. The summed E-state index contributed by atoms with van der Waals surface area (Å²) in [5.41, 5.74) is 1.78. The van der Waals surface area contributed by atoms with E-state index in [1.807, 2.05) is 31.2 Å². The molecule has 0 fully saturated rings. The summed E-state index contributed by atoms with van der Waals surface area (Å²) in [6, 6.07) is 13.3. The third-order valence-corrected chi connectivity index (χ3v) is 7.01. The van der Waals surface area contributed by atoms with Crippen molar-refractivity contribution in [3.63, 3.8) is 0 Å². The molecule has 2 aromatic carbocycles. The minimum absolute atomic E-state index is 0.150. The van der Waals surface area contributed by atoms with E-state index in [-0.39, 0.29) is 23.5 Å². The van der Waals surface area contributed by atoms with Crippen LogP contribution in [0.1, 0.15) is 26.7 Å². The number of benzene rings is 2. The van der Waals surface area contributed by atoms with Gasteiger partial charge >= 0.3 is 0 Å². The van der Waals surface area contributed by atoms with E-state index >= 15 is 0 Å². The van der Waals surface area contributed by atoms with Crippen molar-refractivity contribution in [1.29, 1.82) is 0 Å². The summed E-state index contributed by atoms with van der Waals surface area (Å²) in [6.45, 7) is 4.72. The molecular weight excluding hydrogens is 476 g/mol. The number of anilines is 1. The van der Waals surface area contributed by atoms with Crippen molar-refractivity contribution in [2.75, 3.05) is 25.0 Å². The van der Waals surface area contributed by atoms with Gasteiger partial charge in [0.25, 0.3) is 5.91 Å². The van der Waals surface area contributed by atoms with Crippen LogP contribution < -0.4 is 20.1 Å². The van der Waals surface area contributed by atoms with Crippen molar-refractivity contribution in [3.05, 3.63) is 59.8 Å². The zero-order chi connectivity index (χ0) is 24.6. The van der Waals surface area contributed by atoms with Crippen molar-refractivity contribution in [1.82, 2.24) is 15.0 Å². The van der Waals surface area contributed by atoms with Gasteiger partial charge in [0.15, 0.2) is 6.61 Å². The van der Waals surface area contributed by atoms with Gasteiger partial charge in [0.05, 0.1) is 10.4 Å². The first kappa shape index (κ1) is 25.7. The molecule has 0 saturated heterocycles. The Bertz CT molecular complexity index is 1220. The highest BCUT2D eigenvalue weighted by Crippen LogP contribution is 2.24. The van der Waals surface area contributed by atoms with Crippen LogP contribution in [0.25, 0.3) is 10.9 Å². The average Bonchev–Trinajstić information content (AvgIpc) is 2.82. The van der Waals surface area contributed by atoms with Crippen LogP contribution in [0.15, 0.2) is 59.6 Å². The van der Waals surface area contributed by atoms with Crippen LogP contribution in [-0.2, 0) is 14.8 Å². The van der Waals surface area contributed by atoms with Gasteiger partial charge in [-0.3, -0.25) is 9.78 Å². The van der Waals surface area contributed by atoms with Crippen LogP contribution >= 0.6 is 11.6 Å². The van der Waals surface area contributed by atoms with Crippen molar-refractivity contribution < 1.29 is 17.9 Å². The number of hydrogen-bond acceptors (Lipinski definition) is 6. The molecule has 34 heavy (non-hydrogen) atoms. The largest absolute Gasteiger partial charge is 0.484 e. The summed E-state index contributed by atoms with van der Waals surface area (Å²) in [6.07, 6.45) is 3.14. The van der Waals surface area contributed by atoms with Gasteiger partial charge in [-0.15, -0.1) is 0 Å². The minimum Gasteiger partial charge on any atom is -0.484 e. The summed E-state index contributed by atoms with van der Waals surface area (Å²) < 4.78 is 32.6. The second-order valence-electron chi connectivity index (χ2n) is 7.84. The summed E-state index contributed by atoms with van der Waals surface area (Å²) >= 11 is 6.02. The number of carbonyl (C=O) groups excluding carboxylic acids is 1. The molecule has 1 amide bonds. The Morgan fingerprint density at radius 1 is 1.12 bits per heavy atom. The summed E-state index contributed by atoms with van der Waals surface area (Å²) in [4.78, 5) is 16.5. The van der Waals surface area contributed by atoms with E-state index in [4.69, 9.17) is 16.3 Å². The van der Waals surface area contributed by atoms with Gasteiger partial charge < -0.3 is 15.4 Å². The number of ether oxygens (including phenoxy) is 1. The van der Waals surface area contributed by atoms with Crippen molar-refractivity contribution in [2.45, 2.75) is 37.6 Å². The van der Waals surface area contributed by atoms with Gasteiger partial charge in [0, 0.05) is 41.4 Å². The van der Waals surface area contributed by atoms with Crippen LogP contribution in [0.2, 0.25) is 5.02 Å². The number of carbonyl (C=O) groups is 1. The number of amides is 1. The third kappa shape index (κ3) is 7.31. The van der Waals surface area contributed by atoms with Crippen LogP contribution in [0.4, 0.5) is 5.69 Å². The second-order valence-corrected chi connectivity index (χ2v) is 9.99. The van der Waals surface area contributed by atoms with E-state index in [0.29, 0.717) is 30.3 Å². The van der Waals surface area contributed by atoms with E-state index in [2.05, 4.69) is 20.3 Å². The molecule has 3 aromatic rings. The van der Waals surface area contributed by atoms with E-state index in [0.717, 1.165) is 23.0 Å². The Morgan fingerprint density at radius 2 is 1.88 bits per heavy atom. The quantitative estimate of drug-likeness (QED) is 0.322. The number of fused-ring (bicyclic) bond motifs is 1. The van der Waals surface area contributed by atoms with Gasteiger partial charge in [0.1, 0.15) is 5.75 Å². The molecule has 10 heteroatoms. The van der Waals surface area contributed by atoms with E-state index < -0.39 is 10.0 Å². The molecule has 182 valence electrons. The van der Waals surface area contributed by atoms with Crippen LogP contribution in [-0.4, -0.2) is 45.0 Å². The lowest BCUT2D eigenvalue weighted by atomic mass is 10.2. The summed E-state index contributed by atoms with van der Waals surface area (Å²) in [7, 11) is -3.57. The number of nitrogens with one attached hydrogen (secondary N) is 3. The van der Waals surface area contributed by atoms with Crippen molar-refractivity contribution in [3.8, 4) is 5.75 Å². The van der Waals surface area contributed by atoms with Gasteiger partial charge in [-0.25, -0.2) is 13.1 Å². The number of halogens is 1. The van der Waals surface area contributed by atoms with Crippen molar-refractivity contribution >= 4 is 44.1 Å². The molecule has 0 bridgehead atoms. The van der Waals surface area contributed by atoms with E-state index in [1.165, 1.54) is 24.3 Å². The topological polar surface area (TPSA) is 109 Å². The molecule has 0 radical (unpaired) electrons. The lowest BCUT2D eigenvalue weighted by Crippen LogP contribution is -2.32. The summed E-state index contributed by atoms with van der Waals surface area (Å²) in [5.74, 6) is 0.170. The Balaban J connectivity index is 1.38. The van der Waals surface area contributed by atoms with E-state index in [9.17, 15) is 13.2 Å². The zero-order valence-electron chi connectivity index (χ0n) is 19.2. The Hall–Kier alpha value is -2.88. The lowest BCUT2D eigenvalue weighted by Gasteiger charge is -2.13. The molecule has 3 N–H and O–H groups in total. The molecule has 1 heterocycles. The molecule has 3 rings (SSSR count). The Morgan fingerprint density at radius 3 is 2.62 bits per heavy atom. The molecule has 8 nitrogen and oxygen atoms in total. The fourth-order valence-corrected chi connectivity index (χ4v) is 4.64. The number of sulfonamides is 1. The monoisotopic (exact) mass is 504 g/mol. The number of aromatic nitrogens is 1. The SMILES string of the molecule is CCC(C)NS(=O)(=O)c1ccc(OCC(=O)NCCCNc2ccnc3cc(Cl)ccc23)cc1. The number of rotatable bonds is 12. The van der Waals surface area contributed by atoms with Crippen molar-refractivity contribution in [2.24, 2.45) is 0 Å². The molecule has 0 aliphatic rings. The van der Waals surface area contributed by atoms with Gasteiger partial charge in [0.2, 0.25) is 10.0 Å². The Kier molecular flexibility index (Phi) is 9.09. The first-order valence-corrected chi connectivity index (χ1v) is 12.9. The smallest absolute Gasteiger partial charge is 0.257 e.